The number of nitrogens with zero attached hydrogens (tertiary/aromatic N) is 1. The summed E-state index contributed by atoms with van der Waals surface area (Å²) in [5, 5.41) is 2.69. The second-order valence-electron chi connectivity index (χ2n) is 5.60. The van der Waals surface area contributed by atoms with Crippen molar-refractivity contribution < 1.29 is 23.0 Å². The normalized spacial score (nSPS) is 17.2. The van der Waals surface area contributed by atoms with Gasteiger partial charge in [0.05, 0.1) is 25.9 Å². The number of nitrogens with one attached hydrogen (secondary N) is 1. The first-order valence-corrected chi connectivity index (χ1v) is 7.84. The first-order chi connectivity index (χ1) is 12.1. The Morgan fingerprint density at radius 2 is 2.08 bits per heavy atom. The van der Waals surface area contributed by atoms with Crippen LogP contribution in [-0.2, 0) is 4.74 Å². The first-order valence-electron chi connectivity index (χ1n) is 7.84. The molecule has 3 rings (SSSR count). The number of hydrogen-bond donors (Lipinski definition) is 1. The molecule has 1 aliphatic heterocycles. The molecule has 1 aliphatic rings. The molecule has 1 saturated heterocycles. The van der Waals surface area contributed by atoms with Crippen molar-refractivity contribution in [3.63, 3.8) is 0 Å². The maximum Gasteiger partial charge on any atom is 0.322 e. The third-order valence-corrected chi connectivity index (χ3v) is 4.01. The van der Waals surface area contributed by atoms with Gasteiger partial charge < -0.3 is 19.7 Å². The molecular weight excluding hydrogens is 330 g/mol. The fourth-order valence-corrected chi connectivity index (χ4v) is 2.72. The van der Waals surface area contributed by atoms with Gasteiger partial charge in [-0.05, 0) is 18.2 Å². The Morgan fingerprint density at radius 3 is 2.84 bits per heavy atom. The topological polar surface area (TPSA) is 50.8 Å². The molecule has 2 aromatic carbocycles. The number of anilines is 1. The van der Waals surface area contributed by atoms with Crippen LogP contribution >= 0.6 is 0 Å². The van der Waals surface area contributed by atoms with Gasteiger partial charge in [-0.3, -0.25) is 0 Å². The predicted octanol–water partition coefficient (Wildman–Crippen LogP) is 3.58. The lowest BCUT2D eigenvalue weighted by atomic mass is 10.1. The molecule has 0 bridgehead atoms. The quantitative estimate of drug-likeness (QED) is 0.922. The molecule has 1 atom stereocenters. The minimum atomic E-state index is -0.532. The van der Waals surface area contributed by atoms with Crippen LogP contribution in [0.1, 0.15) is 11.7 Å². The van der Waals surface area contributed by atoms with E-state index in [4.69, 9.17) is 9.47 Å². The van der Waals surface area contributed by atoms with Crippen molar-refractivity contribution in [2.24, 2.45) is 0 Å². The van der Waals surface area contributed by atoms with Gasteiger partial charge in [-0.2, -0.15) is 0 Å². The van der Waals surface area contributed by atoms with Crippen LogP contribution in [0.5, 0.6) is 5.75 Å². The lowest BCUT2D eigenvalue weighted by Gasteiger charge is -2.33. The monoisotopic (exact) mass is 348 g/mol. The summed E-state index contributed by atoms with van der Waals surface area (Å²) in [6.45, 7) is 0.892. The van der Waals surface area contributed by atoms with Gasteiger partial charge in [0.25, 0.3) is 0 Å². The summed E-state index contributed by atoms with van der Waals surface area (Å²) in [5.74, 6) is -0.594. The Kier molecular flexibility index (Phi) is 5.14. The first kappa shape index (κ1) is 17.2. The van der Waals surface area contributed by atoms with Crippen molar-refractivity contribution in [1.29, 1.82) is 0 Å². The molecule has 1 heterocycles. The minimum Gasteiger partial charge on any atom is -0.494 e. The Hall–Kier alpha value is -2.67. The molecule has 0 spiro atoms. The highest BCUT2D eigenvalue weighted by Gasteiger charge is 2.27. The number of carbonyl (C=O) groups is 1. The van der Waals surface area contributed by atoms with Gasteiger partial charge in [0.15, 0.2) is 0 Å². The lowest BCUT2D eigenvalue weighted by molar-refractivity contribution is -0.0152. The Morgan fingerprint density at radius 1 is 1.28 bits per heavy atom. The molecule has 0 radical (unpaired) electrons. The van der Waals surface area contributed by atoms with Crippen LogP contribution in [0, 0.1) is 11.6 Å². The van der Waals surface area contributed by atoms with Gasteiger partial charge in [-0.1, -0.05) is 18.2 Å². The highest BCUT2D eigenvalue weighted by atomic mass is 19.1. The maximum absolute atomic E-state index is 13.9. The summed E-state index contributed by atoms with van der Waals surface area (Å²) in [6.07, 6.45) is -0.532. The third-order valence-electron chi connectivity index (χ3n) is 4.01. The molecule has 2 amide bonds. The zero-order valence-electron chi connectivity index (χ0n) is 13.7. The molecule has 0 saturated carbocycles. The fourth-order valence-electron chi connectivity index (χ4n) is 2.72. The summed E-state index contributed by atoms with van der Waals surface area (Å²) in [5.41, 5.74) is 0.780. The van der Waals surface area contributed by atoms with E-state index < -0.39 is 11.9 Å². The average molecular weight is 348 g/mol. The van der Waals surface area contributed by atoms with E-state index in [1.807, 2.05) is 0 Å². The second kappa shape index (κ2) is 7.48. The van der Waals surface area contributed by atoms with Gasteiger partial charge in [0.2, 0.25) is 0 Å². The maximum atomic E-state index is 13.9. The summed E-state index contributed by atoms with van der Waals surface area (Å²) >= 11 is 0. The van der Waals surface area contributed by atoms with E-state index in [1.165, 1.54) is 36.3 Å². The van der Waals surface area contributed by atoms with Crippen molar-refractivity contribution in [2.45, 2.75) is 6.10 Å². The predicted molar refractivity (Wildman–Crippen MR) is 88.6 cm³/mol. The Labute approximate surface area is 144 Å². The van der Waals surface area contributed by atoms with Crippen LogP contribution in [0.2, 0.25) is 0 Å². The van der Waals surface area contributed by atoms with Crippen molar-refractivity contribution >= 4 is 11.7 Å². The van der Waals surface area contributed by atoms with E-state index in [-0.39, 0.29) is 24.1 Å². The van der Waals surface area contributed by atoms with E-state index >= 15 is 0 Å². The third kappa shape index (κ3) is 3.88. The summed E-state index contributed by atoms with van der Waals surface area (Å²) in [7, 11) is 1.40. The van der Waals surface area contributed by atoms with Crippen molar-refractivity contribution in [3.05, 3.63) is 59.7 Å². The lowest BCUT2D eigenvalue weighted by Crippen LogP contribution is -2.44. The van der Waals surface area contributed by atoms with Crippen LogP contribution in [0.15, 0.2) is 42.5 Å². The zero-order chi connectivity index (χ0) is 17.8. The van der Waals surface area contributed by atoms with Gasteiger partial charge >= 0.3 is 6.03 Å². The molecule has 25 heavy (non-hydrogen) atoms. The van der Waals surface area contributed by atoms with Crippen LogP contribution in [0.4, 0.5) is 19.3 Å². The minimum absolute atomic E-state index is 0.219. The number of morpholine rings is 1. The number of carbonyl (C=O) groups excluding carboxylic acids is 1. The Bertz CT molecular complexity index is 770. The molecule has 0 aromatic heterocycles. The van der Waals surface area contributed by atoms with Gasteiger partial charge in [0, 0.05) is 18.2 Å². The van der Waals surface area contributed by atoms with E-state index in [0.717, 1.165) is 0 Å². The number of methoxy groups -OCH3 is 1. The molecule has 5 nitrogen and oxygen atoms in total. The number of benzene rings is 2. The van der Waals surface area contributed by atoms with Crippen molar-refractivity contribution in [2.75, 3.05) is 32.1 Å². The largest absolute Gasteiger partial charge is 0.494 e. The molecule has 0 unspecified atom stereocenters. The number of hydrogen-bond acceptors (Lipinski definition) is 3. The average Bonchev–Trinajstić information content (AvgIpc) is 2.63. The van der Waals surface area contributed by atoms with E-state index in [1.54, 1.807) is 18.2 Å². The summed E-state index contributed by atoms with van der Waals surface area (Å²) in [4.78, 5) is 14.0. The highest BCUT2D eigenvalue weighted by Crippen LogP contribution is 2.27. The van der Waals surface area contributed by atoms with Crippen LogP contribution in [0.25, 0.3) is 0 Å². The van der Waals surface area contributed by atoms with Crippen LogP contribution in [0.3, 0.4) is 0 Å². The number of urea groups is 1. The van der Waals surface area contributed by atoms with Crippen molar-refractivity contribution in [1.82, 2.24) is 4.90 Å². The molecule has 1 fully saturated rings. The summed E-state index contributed by atoms with van der Waals surface area (Å²) in [6, 6.07) is 9.81. The van der Waals surface area contributed by atoms with E-state index in [0.29, 0.717) is 24.4 Å². The van der Waals surface area contributed by atoms with E-state index in [2.05, 4.69) is 5.32 Å². The number of ether oxygens (including phenoxy) is 2. The van der Waals surface area contributed by atoms with Crippen molar-refractivity contribution in [3.8, 4) is 5.75 Å². The number of amides is 2. The molecule has 7 heteroatoms. The Balaban J connectivity index is 1.71. The standard InChI is InChI=1S/C18H18F2N2O3/c1-24-16-10-12(19)6-7-15(16)21-18(23)22-8-9-25-17(11-22)13-4-2-3-5-14(13)20/h2-7,10,17H,8-9,11H2,1H3,(H,21,23)/t17-/m1/s1. The highest BCUT2D eigenvalue weighted by molar-refractivity contribution is 5.91. The van der Waals surface area contributed by atoms with Gasteiger partial charge in [0.1, 0.15) is 23.5 Å². The smallest absolute Gasteiger partial charge is 0.322 e. The van der Waals surface area contributed by atoms with Gasteiger partial charge in [-0.15, -0.1) is 0 Å². The SMILES string of the molecule is COc1cc(F)ccc1NC(=O)N1CCO[C@@H](c2ccccc2F)C1. The van der Waals surface area contributed by atoms with Gasteiger partial charge in [-0.25, -0.2) is 13.6 Å². The molecule has 2 aromatic rings. The van der Waals surface area contributed by atoms with E-state index in [9.17, 15) is 13.6 Å². The second-order valence-corrected chi connectivity index (χ2v) is 5.60. The molecule has 132 valence electrons. The summed E-state index contributed by atoms with van der Waals surface area (Å²) < 4.78 is 37.9. The molecule has 1 N–H and O–H groups in total. The van der Waals surface area contributed by atoms with Crippen LogP contribution in [-0.4, -0.2) is 37.7 Å². The zero-order valence-corrected chi connectivity index (χ0v) is 13.7. The van der Waals surface area contributed by atoms with Crippen LogP contribution < -0.4 is 10.1 Å². The number of halogens is 2. The number of rotatable bonds is 3. The fraction of sp³-hybridized carbons (Fsp3) is 0.278. The molecular formula is C18H18F2N2O3. The molecule has 0 aliphatic carbocycles.